The van der Waals surface area contributed by atoms with Gasteiger partial charge in [-0.25, -0.2) is 14.8 Å². The third-order valence-corrected chi connectivity index (χ3v) is 6.32. The molecule has 1 aliphatic rings. The lowest BCUT2D eigenvalue weighted by Gasteiger charge is -2.20. The highest BCUT2D eigenvalue weighted by atomic mass is 16.5. The summed E-state index contributed by atoms with van der Waals surface area (Å²) in [6.07, 6.45) is 8.85. The molecular formula is C28H33N5O4. The maximum atomic E-state index is 9.54. The number of nitrogens with zero attached hydrogens (tertiary/aromatic N) is 3. The van der Waals surface area contributed by atoms with Crippen molar-refractivity contribution in [2.45, 2.75) is 44.6 Å². The Morgan fingerprint density at radius 1 is 1.11 bits per heavy atom. The monoisotopic (exact) mass is 503 g/mol. The molecule has 194 valence electrons. The molecule has 0 atom stereocenters. The first-order chi connectivity index (χ1) is 18.1. The fraction of sp³-hybridized carbons (Fsp3) is 0.321. The number of fused-ring (bicyclic) bond motifs is 1. The van der Waals surface area contributed by atoms with E-state index in [0.717, 1.165) is 33.9 Å². The van der Waals surface area contributed by atoms with E-state index in [0.29, 0.717) is 18.3 Å². The fourth-order valence-electron chi connectivity index (χ4n) is 4.57. The van der Waals surface area contributed by atoms with Crippen molar-refractivity contribution < 1.29 is 19.7 Å². The maximum absolute atomic E-state index is 9.54. The van der Waals surface area contributed by atoms with Gasteiger partial charge < -0.3 is 26.0 Å². The number of aliphatic hydroxyl groups excluding tert-OH is 1. The third kappa shape index (κ3) is 6.77. The molecule has 37 heavy (non-hydrogen) atoms. The summed E-state index contributed by atoms with van der Waals surface area (Å²) >= 11 is 0. The molecule has 4 aromatic rings. The number of nitrogen functional groups attached to an aromatic ring is 1. The minimum atomic E-state index is -1.10. The molecule has 5 rings (SSSR count). The van der Waals surface area contributed by atoms with E-state index in [9.17, 15) is 4.79 Å². The highest BCUT2D eigenvalue weighted by Crippen LogP contribution is 2.37. The topological polar surface area (TPSA) is 135 Å². The van der Waals surface area contributed by atoms with E-state index in [2.05, 4.69) is 27.6 Å². The van der Waals surface area contributed by atoms with Gasteiger partial charge in [-0.2, -0.15) is 0 Å². The largest absolute Gasteiger partial charge is 0.489 e. The van der Waals surface area contributed by atoms with E-state index in [1.807, 2.05) is 47.9 Å². The molecule has 2 aromatic heterocycles. The van der Waals surface area contributed by atoms with Gasteiger partial charge in [-0.05, 0) is 30.5 Å². The van der Waals surface area contributed by atoms with Crippen LogP contribution < -0.4 is 15.8 Å². The lowest BCUT2D eigenvalue weighted by molar-refractivity contribution is 0.190. The number of nitrogens with one attached hydrogen (secondary N) is 1. The van der Waals surface area contributed by atoms with Gasteiger partial charge in [-0.15, -0.1) is 0 Å². The van der Waals surface area contributed by atoms with Crippen molar-refractivity contribution in [3.8, 4) is 17.0 Å². The standard InChI is InChI=1S/C25H26N4O.C3H7NO3/c26-24-23-22(28-25(29(23)15-14-27-24)19-10-5-2-6-11-19)20-12-7-13-21(16-20)30-17-18-8-3-1-4-9-18;5-2-1-4-3(6)7/h1,3-4,7-9,12-16,19H,2,5-6,10-11,17H2,(H2,26,27);4-5H,1-2H2,(H,6,7). The summed E-state index contributed by atoms with van der Waals surface area (Å²) in [5.74, 6) is 2.90. The van der Waals surface area contributed by atoms with Crippen LogP contribution in [0.25, 0.3) is 16.8 Å². The summed E-state index contributed by atoms with van der Waals surface area (Å²) in [5.41, 5.74) is 10.2. The predicted molar refractivity (Wildman–Crippen MR) is 143 cm³/mol. The van der Waals surface area contributed by atoms with Crippen molar-refractivity contribution in [3.05, 3.63) is 78.4 Å². The van der Waals surface area contributed by atoms with Gasteiger partial charge >= 0.3 is 6.09 Å². The van der Waals surface area contributed by atoms with Crippen LogP contribution in [0.15, 0.2) is 67.0 Å². The Balaban J connectivity index is 0.000000405. The van der Waals surface area contributed by atoms with Crippen molar-refractivity contribution >= 4 is 17.4 Å². The number of benzene rings is 2. The van der Waals surface area contributed by atoms with Gasteiger partial charge in [0.05, 0.1) is 6.61 Å². The first-order valence-electron chi connectivity index (χ1n) is 12.5. The molecule has 1 fully saturated rings. The first kappa shape index (κ1) is 26.0. The zero-order chi connectivity index (χ0) is 26.0. The van der Waals surface area contributed by atoms with Crippen LogP contribution in [-0.2, 0) is 6.61 Å². The van der Waals surface area contributed by atoms with Gasteiger partial charge in [0.1, 0.15) is 35.2 Å². The van der Waals surface area contributed by atoms with Gasteiger partial charge in [0.15, 0.2) is 0 Å². The molecular weight excluding hydrogens is 470 g/mol. The van der Waals surface area contributed by atoms with E-state index < -0.39 is 6.09 Å². The number of imidazole rings is 1. The smallest absolute Gasteiger partial charge is 0.404 e. The van der Waals surface area contributed by atoms with Crippen LogP contribution in [0.2, 0.25) is 0 Å². The minimum Gasteiger partial charge on any atom is -0.489 e. The quantitative estimate of drug-likeness (QED) is 0.283. The number of aromatic nitrogens is 3. The Morgan fingerprint density at radius 3 is 2.59 bits per heavy atom. The molecule has 9 heteroatoms. The molecule has 0 unspecified atom stereocenters. The number of hydrogen-bond donors (Lipinski definition) is 4. The second-order valence-electron chi connectivity index (χ2n) is 8.94. The minimum absolute atomic E-state index is 0.106. The van der Waals surface area contributed by atoms with E-state index in [4.69, 9.17) is 25.7 Å². The number of anilines is 1. The summed E-state index contributed by atoms with van der Waals surface area (Å²) in [4.78, 5) is 19.0. The number of rotatable bonds is 7. The fourth-order valence-corrected chi connectivity index (χ4v) is 4.57. The van der Waals surface area contributed by atoms with Crippen LogP contribution in [0.3, 0.4) is 0 Å². The lowest BCUT2D eigenvalue weighted by atomic mass is 9.89. The number of carbonyl (C=O) groups is 1. The molecule has 0 spiro atoms. The third-order valence-electron chi connectivity index (χ3n) is 6.32. The molecule has 1 aliphatic carbocycles. The number of ether oxygens (including phenoxy) is 1. The van der Waals surface area contributed by atoms with Crippen molar-refractivity contribution in [2.24, 2.45) is 0 Å². The zero-order valence-electron chi connectivity index (χ0n) is 20.7. The number of carboxylic acid groups (broad SMARTS) is 1. The number of aliphatic hydroxyl groups is 1. The van der Waals surface area contributed by atoms with Crippen molar-refractivity contribution in [3.63, 3.8) is 0 Å². The highest BCUT2D eigenvalue weighted by molar-refractivity contribution is 5.85. The normalized spacial score (nSPS) is 13.5. The van der Waals surface area contributed by atoms with Crippen molar-refractivity contribution in [2.75, 3.05) is 18.9 Å². The average molecular weight is 504 g/mol. The molecule has 1 saturated carbocycles. The van der Waals surface area contributed by atoms with Crippen molar-refractivity contribution in [1.82, 2.24) is 19.7 Å². The molecule has 0 aliphatic heterocycles. The van der Waals surface area contributed by atoms with Crippen LogP contribution >= 0.6 is 0 Å². The zero-order valence-corrected chi connectivity index (χ0v) is 20.7. The number of amides is 1. The molecule has 9 nitrogen and oxygen atoms in total. The summed E-state index contributed by atoms with van der Waals surface area (Å²) in [6, 6.07) is 18.3. The van der Waals surface area contributed by atoms with Gasteiger partial charge in [0, 0.05) is 30.4 Å². The van der Waals surface area contributed by atoms with Gasteiger partial charge in [0.25, 0.3) is 0 Å². The van der Waals surface area contributed by atoms with Gasteiger partial charge in [0.2, 0.25) is 0 Å². The average Bonchev–Trinajstić information content (AvgIpc) is 3.33. The van der Waals surface area contributed by atoms with Crippen LogP contribution in [-0.4, -0.2) is 43.8 Å². The summed E-state index contributed by atoms with van der Waals surface area (Å²) in [7, 11) is 0. The van der Waals surface area contributed by atoms with E-state index in [1.165, 1.54) is 32.1 Å². The lowest BCUT2D eigenvalue weighted by Crippen LogP contribution is -2.23. The van der Waals surface area contributed by atoms with Crippen LogP contribution in [0.1, 0.15) is 49.4 Å². The summed E-state index contributed by atoms with van der Waals surface area (Å²) in [6.45, 7) is 0.493. The highest BCUT2D eigenvalue weighted by Gasteiger charge is 2.24. The number of hydrogen-bond acceptors (Lipinski definition) is 6. The van der Waals surface area contributed by atoms with E-state index in [1.54, 1.807) is 6.20 Å². The predicted octanol–water partition coefficient (Wildman–Crippen LogP) is 4.85. The molecule has 0 saturated heterocycles. The molecule has 0 radical (unpaired) electrons. The Bertz CT molecular complexity index is 1300. The molecule has 1 amide bonds. The van der Waals surface area contributed by atoms with Crippen LogP contribution in [0.5, 0.6) is 5.75 Å². The van der Waals surface area contributed by atoms with Crippen molar-refractivity contribution in [1.29, 1.82) is 0 Å². The molecule has 2 aromatic carbocycles. The maximum Gasteiger partial charge on any atom is 0.404 e. The SMILES string of the molecule is Nc1nccn2c(C3CCCCC3)nc(-c3cccc(OCc4ccccc4)c3)c12.O=C(O)NCCO. The molecule has 0 bridgehead atoms. The van der Waals surface area contributed by atoms with Crippen LogP contribution in [0, 0.1) is 0 Å². The summed E-state index contributed by atoms with van der Waals surface area (Å²) in [5, 5.41) is 17.8. The summed E-state index contributed by atoms with van der Waals surface area (Å²) < 4.78 is 8.18. The van der Waals surface area contributed by atoms with Gasteiger partial charge in [-0.1, -0.05) is 61.7 Å². The second kappa shape index (κ2) is 12.7. The van der Waals surface area contributed by atoms with E-state index in [-0.39, 0.29) is 13.2 Å². The molecule has 5 N–H and O–H groups in total. The Morgan fingerprint density at radius 2 is 1.89 bits per heavy atom. The van der Waals surface area contributed by atoms with E-state index >= 15 is 0 Å². The van der Waals surface area contributed by atoms with Crippen LogP contribution in [0.4, 0.5) is 10.6 Å². The van der Waals surface area contributed by atoms with Gasteiger partial charge in [-0.3, -0.25) is 4.40 Å². The first-order valence-corrected chi connectivity index (χ1v) is 12.5. The second-order valence-corrected chi connectivity index (χ2v) is 8.94. The Kier molecular flexibility index (Phi) is 8.93. The Hall–Kier alpha value is -4.11. The Labute approximate surface area is 216 Å². The number of nitrogens with two attached hydrogens (primary N) is 1. The molecule has 2 heterocycles.